The summed E-state index contributed by atoms with van der Waals surface area (Å²) in [6, 6.07) is 12.3. The molecule has 1 aliphatic rings. The monoisotopic (exact) mass is 378 g/mol. The molecule has 0 aromatic heterocycles. The minimum absolute atomic E-state index is 0.251. The zero-order valence-corrected chi connectivity index (χ0v) is 15.1. The Balaban J connectivity index is 1.63. The van der Waals surface area contributed by atoms with Gasteiger partial charge in [-0.2, -0.15) is 4.31 Å². The van der Waals surface area contributed by atoms with Crippen molar-refractivity contribution in [2.75, 3.05) is 32.7 Å². The van der Waals surface area contributed by atoms with E-state index < -0.39 is 26.6 Å². The van der Waals surface area contributed by atoms with Crippen molar-refractivity contribution in [2.45, 2.75) is 4.90 Å². The topological polar surface area (TPSA) is 40.6 Å². The van der Waals surface area contributed by atoms with Gasteiger partial charge in [0.25, 0.3) is 0 Å². The normalized spacial score (nSPS) is 16.5. The summed E-state index contributed by atoms with van der Waals surface area (Å²) < 4.78 is 53.3. The van der Waals surface area contributed by atoms with Crippen LogP contribution in [-0.4, -0.2) is 50.3 Å². The van der Waals surface area contributed by atoms with E-state index in [0.717, 1.165) is 23.3 Å². The Labute approximate surface area is 152 Å². The van der Waals surface area contributed by atoms with E-state index in [1.54, 1.807) is 0 Å². The largest absolute Gasteiger partial charge is 0.296 e. The standard InChI is InChI=1S/C19H20F2N2O2S/c1-15(16-5-3-2-4-6-16)14-22-9-11-23(12-10-22)26(24,25)19-8-7-17(20)13-18(19)21/h2-8,13H,1,9-12,14H2. The second-order valence-electron chi connectivity index (χ2n) is 6.22. The Kier molecular flexibility index (Phi) is 5.50. The quantitative estimate of drug-likeness (QED) is 0.803. The molecule has 1 fully saturated rings. The maximum absolute atomic E-state index is 13.9. The molecule has 0 aliphatic carbocycles. The van der Waals surface area contributed by atoms with E-state index in [1.165, 1.54) is 4.31 Å². The van der Waals surface area contributed by atoms with Crippen LogP contribution in [0.1, 0.15) is 5.56 Å². The molecule has 0 unspecified atom stereocenters. The van der Waals surface area contributed by atoms with E-state index in [0.29, 0.717) is 25.7 Å². The Hall–Kier alpha value is -2.09. The van der Waals surface area contributed by atoms with Crippen molar-refractivity contribution in [3.8, 4) is 0 Å². The lowest BCUT2D eigenvalue weighted by molar-refractivity contribution is 0.206. The van der Waals surface area contributed by atoms with Crippen molar-refractivity contribution >= 4 is 15.6 Å². The van der Waals surface area contributed by atoms with Gasteiger partial charge in [0.1, 0.15) is 16.5 Å². The number of halogens is 2. The number of hydrogen-bond acceptors (Lipinski definition) is 3. The molecule has 0 saturated carbocycles. The number of piperazine rings is 1. The molecule has 1 saturated heterocycles. The average Bonchev–Trinajstić information content (AvgIpc) is 2.62. The average molecular weight is 378 g/mol. The minimum Gasteiger partial charge on any atom is -0.296 e. The van der Waals surface area contributed by atoms with Gasteiger partial charge >= 0.3 is 0 Å². The second-order valence-corrected chi connectivity index (χ2v) is 8.13. The van der Waals surface area contributed by atoms with Gasteiger partial charge in [0.05, 0.1) is 0 Å². The first-order valence-electron chi connectivity index (χ1n) is 8.28. The summed E-state index contributed by atoms with van der Waals surface area (Å²) in [7, 11) is -3.97. The van der Waals surface area contributed by atoms with Crippen LogP contribution in [-0.2, 0) is 10.0 Å². The Morgan fingerprint density at radius 2 is 1.65 bits per heavy atom. The molecule has 3 rings (SSSR count). The van der Waals surface area contributed by atoms with Gasteiger partial charge in [-0.25, -0.2) is 17.2 Å². The zero-order valence-electron chi connectivity index (χ0n) is 14.2. The predicted octanol–water partition coefficient (Wildman–Crippen LogP) is 2.98. The van der Waals surface area contributed by atoms with Crippen LogP contribution in [0.25, 0.3) is 5.57 Å². The molecule has 0 N–H and O–H groups in total. The predicted molar refractivity (Wildman–Crippen MR) is 97.0 cm³/mol. The molecule has 26 heavy (non-hydrogen) atoms. The van der Waals surface area contributed by atoms with Crippen molar-refractivity contribution < 1.29 is 17.2 Å². The Bertz CT molecular complexity index is 893. The third kappa shape index (κ3) is 4.00. The fourth-order valence-electron chi connectivity index (χ4n) is 2.99. The summed E-state index contributed by atoms with van der Waals surface area (Å²) in [6.07, 6.45) is 0. The number of hydrogen-bond donors (Lipinski definition) is 0. The number of rotatable bonds is 5. The fourth-order valence-corrected chi connectivity index (χ4v) is 4.45. The summed E-state index contributed by atoms with van der Waals surface area (Å²) in [4.78, 5) is 1.63. The lowest BCUT2D eigenvalue weighted by atomic mass is 10.1. The van der Waals surface area contributed by atoms with Crippen molar-refractivity contribution in [1.82, 2.24) is 9.21 Å². The Morgan fingerprint density at radius 3 is 2.27 bits per heavy atom. The molecule has 2 aromatic carbocycles. The molecule has 2 aromatic rings. The highest BCUT2D eigenvalue weighted by Crippen LogP contribution is 2.22. The van der Waals surface area contributed by atoms with E-state index in [4.69, 9.17) is 0 Å². The minimum atomic E-state index is -3.97. The van der Waals surface area contributed by atoms with Gasteiger partial charge < -0.3 is 0 Å². The van der Waals surface area contributed by atoms with Crippen LogP contribution in [0.5, 0.6) is 0 Å². The molecule has 138 valence electrons. The van der Waals surface area contributed by atoms with Crippen LogP contribution in [0.4, 0.5) is 8.78 Å². The first kappa shape index (κ1) is 18.7. The molecule has 0 atom stereocenters. The summed E-state index contributed by atoms with van der Waals surface area (Å²) in [5, 5.41) is 0. The van der Waals surface area contributed by atoms with Crippen molar-refractivity contribution in [2.24, 2.45) is 0 Å². The van der Waals surface area contributed by atoms with Gasteiger partial charge in [-0.3, -0.25) is 4.90 Å². The highest BCUT2D eigenvalue weighted by molar-refractivity contribution is 7.89. The number of sulfonamides is 1. The van der Waals surface area contributed by atoms with Crippen LogP contribution >= 0.6 is 0 Å². The molecule has 0 bridgehead atoms. The maximum atomic E-state index is 13.9. The lowest BCUT2D eigenvalue weighted by Crippen LogP contribution is -2.48. The fraction of sp³-hybridized carbons (Fsp3) is 0.263. The van der Waals surface area contributed by atoms with Crippen molar-refractivity contribution in [3.05, 3.63) is 72.3 Å². The van der Waals surface area contributed by atoms with Crippen LogP contribution in [0.2, 0.25) is 0 Å². The van der Waals surface area contributed by atoms with Gasteiger partial charge in [0, 0.05) is 38.8 Å². The smallest absolute Gasteiger partial charge is 0.246 e. The van der Waals surface area contributed by atoms with Crippen LogP contribution in [0.15, 0.2) is 60.0 Å². The molecular formula is C19H20F2N2O2S. The first-order valence-corrected chi connectivity index (χ1v) is 9.73. The van der Waals surface area contributed by atoms with E-state index in [9.17, 15) is 17.2 Å². The summed E-state index contributed by atoms with van der Waals surface area (Å²) in [6.45, 7) is 6.28. The SMILES string of the molecule is C=C(CN1CCN(S(=O)(=O)c2ccc(F)cc2F)CC1)c1ccccc1. The maximum Gasteiger partial charge on any atom is 0.246 e. The van der Waals surface area contributed by atoms with E-state index in [2.05, 4.69) is 11.5 Å². The molecule has 0 amide bonds. The summed E-state index contributed by atoms with van der Waals surface area (Å²) in [5.41, 5.74) is 2.02. The Morgan fingerprint density at radius 1 is 1.00 bits per heavy atom. The van der Waals surface area contributed by atoms with Gasteiger partial charge in [0.2, 0.25) is 10.0 Å². The lowest BCUT2D eigenvalue weighted by Gasteiger charge is -2.34. The van der Waals surface area contributed by atoms with Crippen LogP contribution < -0.4 is 0 Å². The van der Waals surface area contributed by atoms with E-state index in [1.807, 2.05) is 30.3 Å². The molecule has 0 radical (unpaired) electrons. The van der Waals surface area contributed by atoms with Crippen molar-refractivity contribution in [3.63, 3.8) is 0 Å². The van der Waals surface area contributed by atoms with Gasteiger partial charge in [-0.05, 0) is 23.3 Å². The van der Waals surface area contributed by atoms with Crippen molar-refractivity contribution in [1.29, 1.82) is 0 Å². The van der Waals surface area contributed by atoms with E-state index >= 15 is 0 Å². The summed E-state index contributed by atoms with van der Waals surface area (Å²) in [5.74, 6) is -1.87. The van der Waals surface area contributed by atoms with Gasteiger partial charge in [0.15, 0.2) is 0 Å². The zero-order chi connectivity index (χ0) is 18.7. The number of benzene rings is 2. The third-order valence-corrected chi connectivity index (χ3v) is 6.37. The molecular weight excluding hydrogens is 358 g/mol. The molecule has 7 heteroatoms. The highest BCUT2D eigenvalue weighted by Gasteiger charge is 2.30. The van der Waals surface area contributed by atoms with Crippen LogP contribution in [0, 0.1) is 11.6 Å². The van der Waals surface area contributed by atoms with Gasteiger partial charge in [-0.15, -0.1) is 0 Å². The molecule has 0 spiro atoms. The van der Waals surface area contributed by atoms with Crippen LogP contribution in [0.3, 0.4) is 0 Å². The van der Waals surface area contributed by atoms with E-state index in [-0.39, 0.29) is 13.1 Å². The molecule has 1 aliphatic heterocycles. The first-order chi connectivity index (χ1) is 12.4. The molecule has 1 heterocycles. The molecule has 4 nitrogen and oxygen atoms in total. The second kappa shape index (κ2) is 7.65. The third-order valence-electron chi connectivity index (χ3n) is 4.44. The highest BCUT2D eigenvalue weighted by atomic mass is 32.2. The van der Waals surface area contributed by atoms with Gasteiger partial charge in [-0.1, -0.05) is 36.9 Å². The number of nitrogens with zero attached hydrogens (tertiary/aromatic N) is 2. The summed E-state index contributed by atoms with van der Waals surface area (Å²) >= 11 is 0.